The van der Waals surface area contributed by atoms with Gasteiger partial charge in [-0.1, -0.05) is 35.1 Å². The Morgan fingerprint density at radius 1 is 1.22 bits per heavy atom. The van der Waals surface area contributed by atoms with Gasteiger partial charge < -0.3 is 4.84 Å². The zero-order valence-electron chi connectivity index (χ0n) is 13.2. The predicted octanol–water partition coefficient (Wildman–Crippen LogP) is 1.93. The number of guanidine groups is 1. The van der Waals surface area contributed by atoms with Crippen molar-refractivity contribution in [3.63, 3.8) is 0 Å². The Morgan fingerprint density at radius 2 is 1.96 bits per heavy atom. The van der Waals surface area contributed by atoms with Crippen LogP contribution in [0.15, 0.2) is 48.5 Å². The van der Waals surface area contributed by atoms with Gasteiger partial charge in [0.2, 0.25) is 0 Å². The minimum atomic E-state index is -0.390. The standard InChI is InChI=1S/C18H18N4O/c1-18(12-23-22(2)17(20)21-18)16-5-3-4-15(10-16)14-8-6-13(11-19)7-9-14/h3-10H,12H2,1-2H3,(H2,20,21)/p+1. The number of nitrogens with zero attached hydrogens (tertiary/aromatic N) is 2. The van der Waals surface area contributed by atoms with Gasteiger partial charge in [-0.3, -0.25) is 11.1 Å². The second kappa shape index (κ2) is 5.65. The zero-order chi connectivity index (χ0) is 16.4. The fraction of sp³-hybridized carbons (Fsp3) is 0.222. The summed E-state index contributed by atoms with van der Waals surface area (Å²) in [5, 5.41) is 12.2. The van der Waals surface area contributed by atoms with Crippen molar-refractivity contribution in [3.05, 3.63) is 59.7 Å². The van der Waals surface area contributed by atoms with E-state index in [0.717, 1.165) is 16.7 Å². The first-order valence-electron chi connectivity index (χ1n) is 7.40. The summed E-state index contributed by atoms with van der Waals surface area (Å²) in [6.07, 6.45) is 0. The Kier molecular flexibility index (Phi) is 3.67. The van der Waals surface area contributed by atoms with Crippen LogP contribution in [0.4, 0.5) is 0 Å². The van der Waals surface area contributed by atoms with Crippen LogP contribution in [-0.2, 0) is 10.4 Å². The molecular weight excluding hydrogens is 288 g/mol. The maximum atomic E-state index is 8.90. The highest BCUT2D eigenvalue weighted by atomic mass is 16.7. The average Bonchev–Trinajstić information content (AvgIpc) is 2.59. The molecule has 3 rings (SSSR count). The maximum absolute atomic E-state index is 8.90. The van der Waals surface area contributed by atoms with Gasteiger partial charge in [0, 0.05) is 0 Å². The molecule has 0 spiro atoms. The molecule has 2 aromatic carbocycles. The topological polar surface area (TPSA) is 74.1 Å². The second-order valence-electron chi connectivity index (χ2n) is 5.88. The lowest BCUT2D eigenvalue weighted by Crippen LogP contribution is -2.57. The summed E-state index contributed by atoms with van der Waals surface area (Å²) in [7, 11) is 1.77. The molecule has 5 nitrogen and oxygen atoms in total. The van der Waals surface area contributed by atoms with Crippen molar-refractivity contribution in [1.82, 2.24) is 5.32 Å². The van der Waals surface area contributed by atoms with Crippen LogP contribution < -0.4 is 11.1 Å². The molecule has 1 unspecified atom stereocenters. The van der Waals surface area contributed by atoms with E-state index in [1.807, 2.05) is 30.3 Å². The first kappa shape index (κ1) is 14.9. The van der Waals surface area contributed by atoms with E-state index >= 15 is 0 Å². The predicted molar refractivity (Wildman–Crippen MR) is 88.4 cm³/mol. The third-order valence-corrected chi connectivity index (χ3v) is 4.14. The summed E-state index contributed by atoms with van der Waals surface area (Å²) in [5.41, 5.74) is 9.47. The molecule has 0 saturated carbocycles. The molecule has 0 aromatic heterocycles. The molecule has 0 saturated heterocycles. The molecule has 3 N–H and O–H groups in total. The van der Waals surface area contributed by atoms with E-state index in [0.29, 0.717) is 18.1 Å². The molecule has 1 heterocycles. The molecule has 0 aliphatic carbocycles. The molecule has 0 bridgehead atoms. The average molecular weight is 307 g/mol. The summed E-state index contributed by atoms with van der Waals surface area (Å²) >= 11 is 0. The summed E-state index contributed by atoms with van der Waals surface area (Å²) in [6, 6.07) is 18.0. The van der Waals surface area contributed by atoms with Crippen LogP contribution in [0.1, 0.15) is 18.1 Å². The van der Waals surface area contributed by atoms with E-state index in [1.54, 1.807) is 7.05 Å². The Hall–Kier alpha value is -3.00. The van der Waals surface area contributed by atoms with Crippen LogP contribution in [0.25, 0.3) is 11.1 Å². The van der Waals surface area contributed by atoms with Crippen molar-refractivity contribution in [3.8, 4) is 17.2 Å². The molecule has 2 aromatic rings. The highest BCUT2D eigenvalue weighted by Crippen LogP contribution is 2.28. The molecular formula is C18H19N4O+. The number of nitriles is 1. The Morgan fingerprint density at radius 3 is 2.61 bits per heavy atom. The first-order valence-corrected chi connectivity index (χ1v) is 7.40. The van der Waals surface area contributed by atoms with Gasteiger partial charge in [-0.25, -0.2) is 0 Å². The van der Waals surface area contributed by atoms with E-state index < -0.39 is 0 Å². The van der Waals surface area contributed by atoms with E-state index in [9.17, 15) is 0 Å². The quantitative estimate of drug-likeness (QED) is 0.832. The SMILES string of the molecule is C[N+]1=C(N)NC(C)(c2cccc(-c3ccc(C#N)cc3)c2)CO1. The van der Waals surface area contributed by atoms with Crippen LogP contribution in [0.2, 0.25) is 0 Å². The lowest BCUT2D eigenvalue weighted by Gasteiger charge is -2.31. The maximum Gasteiger partial charge on any atom is 0.380 e. The van der Waals surface area contributed by atoms with Crippen LogP contribution in [0.3, 0.4) is 0 Å². The molecule has 0 fully saturated rings. The fourth-order valence-electron chi connectivity index (χ4n) is 2.63. The first-order chi connectivity index (χ1) is 11.0. The summed E-state index contributed by atoms with van der Waals surface area (Å²) in [6.45, 7) is 2.55. The second-order valence-corrected chi connectivity index (χ2v) is 5.88. The highest BCUT2D eigenvalue weighted by molar-refractivity contribution is 5.74. The van der Waals surface area contributed by atoms with Gasteiger partial charge in [-0.05, 0) is 41.8 Å². The minimum absolute atomic E-state index is 0.390. The number of hydrogen-bond acceptors (Lipinski definition) is 4. The molecule has 116 valence electrons. The molecule has 1 aliphatic heterocycles. The monoisotopic (exact) mass is 307 g/mol. The van der Waals surface area contributed by atoms with Crippen molar-refractivity contribution in [2.45, 2.75) is 12.5 Å². The number of hydrogen-bond donors (Lipinski definition) is 2. The van der Waals surface area contributed by atoms with Gasteiger partial charge in [0.05, 0.1) is 18.7 Å². The van der Waals surface area contributed by atoms with Crippen LogP contribution in [0, 0.1) is 11.3 Å². The molecule has 1 atom stereocenters. The van der Waals surface area contributed by atoms with Crippen LogP contribution in [0.5, 0.6) is 0 Å². The largest absolute Gasteiger partial charge is 0.380 e. The molecule has 1 aliphatic rings. The highest BCUT2D eigenvalue weighted by Gasteiger charge is 2.37. The summed E-state index contributed by atoms with van der Waals surface area (Å²) < 4.78 is 1.53. The number of benzene rings is 2. The summed E-state index contributed by atoms with van der Waals surface area (Å²) in [5.74, 6) is 0.488. The number of nitrogens with one attached hydrogen (secondary N) is 1. The van der Waals surface area contributed by atoms with Crippen molar-refractivity contribution in [2.24, 2.45) is 5.73 Å². The van der Waals surface area contributed by atoms with Crippen molar-refractivity contribution < 1.29 is 9.58 Å². The number of nitrogens with two attached hydrogens (primary N) is 1. The lowest BCUT2D eigenvalue weighted by atomic mass is 9.90. The van der Waals surface area contributed by atoms with Crippen LogP contribution >= 0.6 is 0 Å². The minimum Gasteiger partial charge on any atom is -0.358 e. The number of hydroxylamine groups is 1. The molecule has 23 heavy (non-hydrogen) atoms. The number of rotatable bonds is 2. The van der Waals surface area contributed by atoms with E-state index in [2.05, 4.69) is 36.5 Å². The normalized spacial score (nSPS) is 20.4. The van der Waals surface area contributed by atoms with Gasteiger partial charge in [0.1, 0.15) is 5.54 Å². The van der Waals surface area contributed by atoms with Crippen molar-refractivity contribution in [2.75, 3.05) is 13.7 Å². The third-order valence-electron chi connectivity index (χ3n) is 4.14. The van der Waals surface area contributed by atoms with Gasteiger partial charge in [0.15, 0.2) is 6.61 Å². The van der Waals surface area contributed by atoms with Gasteiger partial charge in [-0.15, -0.1) is 0 Å². The lowest BCUT2D eigenvalue weighted by molar-refractivity contribution is -0.777. The Bertz CT molecular complexity index is 805. The van der Waals surface area contributed by atoms with Gasteiger partial charge >= 0.3 is 5.96 Å². The molecule has 5 heteroatoms. The summed E-state index contributed by atoms with van der Waals surface area (Å²) in [4.78, 5) is 5.61. The third kappa shape index (κ3) is 2.84. The fourth-order valence-corrected chi connectivity index (χ4v) is 2.63. The van der Waals surface area contributed by atoms with Gasteiger partial charge in [-0.2, -0.15) is 5.26 Å². The smallest absolute Gasteiger partial charge is 0.358 e. The van der Waals surface area contributed by atoms with Crippen molar-refractivity contribution in [1.29, 1.82) is 5.26 Å². The zero-order valence-corrected chi connectivity index (χ0v) is 13.2. The Balaban J connectivity index is 1.95. The van der Waals surface area contributed by atoms with E-state index in [4.69, 9.17) is 15.8 Å². The van der Waals surface area contributed by atoms with Crippen LogP contribution in [-0.4, -0.2) is 24.4 Å². The molecule has 0 amide bonds. The Labute approximate surface area is 135 Å². The van der Waals surface area contributed by atoms with E-state index in [1.165, 1.54) is 4.74 Å². The van der Waals surface area contributed by atoms with Crippen molar-refractivity contribution >= 4 is 5.96 Å². The molecule has 0 radical (unpaired) electrons. The van der Waals surface area contributed by atoms with Gasteiger partial charge in [0.25, 0.3) is 0 Å². The van der Waals surface area contributed by atoms with E-state index in [-0.39, 0.29) is 5.54 Å².